The van der Waals surface area contributed by atoms with E-state index in [-0.39, 0.29) is 11.4 Å². The number of rotatable bonds is 5. The van der Waals surface area contributed by atoms with E-state index in [9.17, 15) is 8.42 Å². The van der Waals surface area contributed by atoms with Gasteiger partial charge in [-0.05, 0) is 24.3 Å². The van der Waals surface area contributed by atoms with Crippen LogP contribution in [-0.4, -0.2) is 15.5 Å². The molecule has 0 saturated carbocycles. The summed E-state index contributed by atoms with van der Waals surface area (Å²) in [5.74, 6) is 0.640. The number of para-hydroxylation sites is 1. The molecule has 0 aliphatic rings. The van der Waals surface area contributed by atoms with Gasteiger partial charge in [0.25, 0.3) is 0 Å². The van der Waals surface area contributed by atoms with E-state index in [1.165, 1.54) is 12.1 Å². The lowest BCUT2D eigenvalue weighted by atomic mass is 10.2. The van der Waals surface area contributed by atoms with Crippen LogP contribution in [0.15, 0.2) is 53.4 Å². The molecule has 4 nitrogen and oxygen atoms in total. The minimum absolute atomic E-state index is 0.139. The largest absolute Gasteiger partial charge is 0.496 e. The third-order valence-electron chi connectivity index (χ3n) is 2.75. The quantitative estimate of drug-likeness (QED) is 0.924. The van der Waals surface area contributed by atoms with E-state index < -0.39 is 10.0 Å². The van der Waals surface area contributed by atoms with Crippen LogP contribution in [0.4, 0.5) is 0 Å². The van der Waals surface area contributed by atoms with Gasteiger partial charge in [-0.2, -0.15) is 0 Å². The van der Waals surface area contributed by atoms with Gasteiger partial charge in [0.2, 0.25) is 10.0 Å². The first kappa shape index (κ1) is 14.8. The Kier molecular flexibility index (Phi) is 4.65. The summed E-state index contributed by atoms with van der Waals surface area (Å²) in [6.45, 7) is 0.152. The predicted molar refractivity (Wildman–Crippen MR) is 78.5 cm³/mol. The lowest BCUT2D eigenvalue weighted by Crippen LogP contribution is -2.23. The van der Waals surface area contributed by atoms with Gasteiger partial charge in [-0.25, -0.2) is 13.1 Å². The molecule has 0 aliphatic heterocycles. The maximum atomic E-state index is 12.1. The number of methoxy groups -OCH3 is 1. The number of sulfonamides is 1. The van der Waals surface area contributed by atoms with E-state index in [0.717, 1.165) is 5.56 Å². The molecule has 0 heterocycles. The van der Waals surface area contributed by atoms with E-state index in [2.05, 4.69) is 4.72 Å². The molecule has 106 valence electrons. The summed E-state index contributed by atoms with van der Waals surface area (Å²) in [6.07, 6.45) is 0. The van der Waals surface area contributed by atoms with Crippen molar-refractivity contribution in [2.75, 3.05) is 7.11 Å². The summed E-state index contributed by atoms with van der Waals surface area (Å²) in [5.41, 5.74) is 0.764. The van der Waals surface area contributed by atoms with Crippen molar-refractivity contribution in [2.45, 2.75) is 11.4 Å². The molecule has 0 aromatic heterocycles. The van der Waals surface area contributed by atoms with Gasteiger partial charge in [0.1, 0.15) is 5.75 Å². The fourth-order valence-electron chi connectivity index (χ4n) is 1.74. The number of halogens is 1. The molecule has 0 aliphatic carbocycles. The molecule has 0 saturated heterocycles. The second-order valence-electron chi connectivity index (χ2n) is 4.09. The predicted octanol–water partition coefficient (Wildman–Crippen LogP) is 2.83. The zero-order valence-electron chi connectivity index (χ0n) is 10.8. The first-order valence-corrected chi connectivity index (χ1v) is 7.76. The van der Waals surface area contributed by atoms with Crippen LogP contribution in [0.1, 0.15) is 5.56 Å². The minimum Gasteiger partial charge on any atom is -0.496 e. The van der Waals surface area contributed by atoms with Crippen molar-refractivity contribution >= 4 is 21.6 Å². The third-order valence-corrected chi connectivity index (χ3v) is 4.39. The molecule has 0 atom stereocenters. The Morgan fingerprint density at radius 3 is 2.60 bits per heavy atom. The third kappa shape index (κ3) is 3.50. The molecule has 2 aromatic rings. The van der Waals surface area contributed by atoms with E-state index in [1.807, 2.05) is 12.1 Å². The zero-order valence-corrected chi connectivity index (χ0v) is 12.4. The maximum Gasteiger partial charge on any atom is 0.240 e. The molecule has 0 radical (unpaired) electrons. The van der Waals surface area contributed by atoms with Crippen molar-refractivity contribution in [2.24, 2.45) is 0 Å². The summed E-state index contributed by atoms with van der Waals surface area (Å²) < 4.78 is 32.0. The Morgan fingerprint density at radius 1 is 1.15 bits per heavy atom. The first-order chi connectivity index (χ1) is 9.53. The Labute approximate surface area is 123 Å². The summed E-state index contributed by atoms with van der Waals surface area (Å²) >= 11 is 5.80. The molecule has 1 N–H and O–H groups in total. The van der Waals surface area contributed by atoms with E-state index >= 15 is 0 Å². The van der Waals surface area contributed by atoms with Crippen molar-refractivity contribution in [1.29, 1.82) is 0 Å². The van der Waals surface area contributed by atoms with Crippen LogP contribution in [0.25, 0.3) is 0 Å². The maximum absolute atomic E-state index is 12.1. The van der Waals surface area contributed by atoms with Gasteiger partial charge in [-0.1, -0.05) is 35.9 Å². The van der Waals surface area contributed by atoms with Gasteiger partial charge in [0.15, 0.2) is 0 Å². The van der Waals surface area contributed by atoms with Gasteiger partial charge in [0.05, 0.1) is 12.0 Å². The van der Waals surface area contributed by atoms with E-state index in [0.29, 0.717) is 10.8 Å². The fourth-order valence-corrected chi connectivity index (χ4v) is 3.05. The molecule has 6 heteroatoms. The van der Waals surface area contributed by atoms with Crippen LogP contribution in [0.3, 0.4) is 0 Å². The molecule has 0 unspecified atom stereocenters. The number of hydrogen-bond acceptors (Lipinski definition) is 3. The van der Waals surface area contributed by atoms with Crippen LogP contribution in [0.5, 0.6) is 5.75 Å². The highest BCUT2D eigenvalue weighted by Gasteiger charge is 2.14. The Balaban J connectivity index is 2.17. The summed E-state index contributed by atoms with van der Waals surface area (Å²) in [5, 5.41) is 0.380. The normalized spacial score (nSPS) is 11.3. The van der Waals surface area contributed by atoms with Gasteiger partial charge in [-0.15, -0.1) is 0 Å². The number of ether oxygens (including phenoxy) is 1. The molecule has 0 spiro atoms. The van der Waals surface area contributed by atoms with Gasteiger partial charge in [-0.3, -0.25) is 0 Å². The number of nitrogens with one attached hydrogen (secondary N) is 1. The van der Waals surface area contributed by atoms with E-state index in [4.69, 9.17) is 16.3 Å². The monoisotopic (exact) mass is 311 g/mol. The molecular weight excluding hydrogens is 298 g/mol. The highest BCUT2D eigenvalue weighted by molar-refractivity contribution is 7.89. The van der Waals surface area contributed by atoms with Crippen LogP contribution in [0, 0.1) is 0 Å². The second-order valence-corrected chi connectivity index (χ2v) is 6.30. The number of benzene rings is 2. The number of hydrogen-bond donors (Lipinski definition) is 1. The van der Waals surface area contributed by atoms with Crippen molar-refractivity contribution in [3.8, 4) is 5.75 Å². The molecular formula is C14H14ClNO3S. The highest BCUT2D eigenvalue weighted by atomic mass is 35.5. The smallest absolute Gasteiger partial charge is 0.240 e. The van der Waals surface area contributed by atoms with Gasteiger partial charge < -0.3 is 4.74 Å². The van der Waals surface area contributed by atoms with Crippen LogP contribution < -0.4 is 9.46 Å². The van der Waals surface area contributed by atoms with Crippen molar-refractivity contribution in [3.05, 3.63) is 59.1 Å². The Bertz CT molecular complexity index is 701. The lowest BCUT2D eigenvalue weighted by Gasteiger charge is -2.10. The average Bonchev–Trinajstić information content (AvgIpc) is 2.45. The van der Waals surface area contributed by atoms with E-state index in [1.54, 1.807) is 31.4 Å². The molecule has 0 fully saturated rings. The summed E-state index contributed by atoms with van der Waals surface area (Å²) in [7, 11) is -2.05. The van der Waals surface area contributed by atoms with Crippen molar-refractivity contribution in [1.82, 2.24) is 4.72 Å². The van der Waals surface area contributed by atoms with Gasteiger partial charge >= 0.3 is 0 Å². The van der Waals surface area contributed by atoms with Gasteiger partial charge in [0, 0.05) is 17.1 Å². The summed E-state index contributed by atoms with van der Waals surface area (Å²) in [4.78, 5) is 0.139. The highest BCUT2D eigenvalue weighted by Crippen LogP contribution is 2.19. The van der Waals surface area contributed by atoms with Crippen molar-refractivity contribution < 1.29 is 13.2 Å². The SMILES string of the molecule is COc1ccccc1CNS(=O)(=O)c1cccc(Cl)c1. The van der Waals surface area contributed by atoms with Crippen LogP contribution in [0.2, 0.25) is 5.02 Å². The van der Waals surface area contributed by atoms with Crippen molar-refractivity contribution in [3.63, 3.8) is 0 Å². The molecule has 0 bridgehead atoms. The average molecular weight is 312 g/mol. The topological polar surface area (TPSA) is 55.4 Å². The molecule has 20 heavy (non-hydrogen) atoms. The molecule has 0 amide bonds. The minimum atomic E-state index is -3.60. The summed E-state index contributed by atoms with van der Waals surface area (Å²) in [6, 6.07) is 13.4. The Hall–Kier alpha value is -1.56. The Morgan fingerprint density at radius 2 is 1.90 bits per heavy atom. The lowest BCUT2D eigenvalue weighted by molar-refractivity contribution is 0.409. The molecule has 2 rings (SSSR count). The standard InChI is InChI=1S/C14H14ClNO3S/c1-19-14-8-3-2-5-11(14)10-16-20(17,18)13-7-4-6-12(15)9-13/h2-9,16H,10H2,1H3. The fraction of sp³-hybridized carbons (Fsp3) is 0.143. The first-order valence-electron chi connectivity index (χ1n) is 5.90. The second kappa shape index (κ2) is 6.26. The zero-order chi connectivity index (χ0) is 14.6. The van der Waals surface area contributed by atoms with Crippen LogP contribution in [-0.2, 0) is 16.6 Å². The van der Waals surface area contributed by atoms with Crippen LogP contribution >= 0.6 is 11.6 Å². The molecule has 2 aromatic carbocycles.